The minimum atomic E-state index is -0.981. The molecule has 3 unspecified atom stereocenters. The van der Waals surface area contributed by atoms with E-state index in [1.165, 1.54) is 0 Å². The number of aliphatic carboxylic acids is 1. The maximum Gasteiger partial charge on any atom is 0.317 e. The molecule has 1 heterocycles. The zero-order valence-corrected chi connectivity index (χ0v) is 13.2. The van der Waals surface area contributed by atoms with Crippen LogP contribution in [0.15, 0.2) is 0 Å². The number of carboxylic acids is 1. The fraction of sp³-hybridized carbons (Fsp3) is 0.846. The SMILES string of the molecule is CCCC1(C(=O)O)CCN(C(=O)NCC(C)S(C)=O)C1. The Hall–Kier alpha value is -1.11. The predicted octanol–water partition coefficient (Wildman–Crippen LogP) is 1.04. The van der Waals surface area contributed by atoms with Crippen LogP contribution in [0.25, 0.3) is 0 Å². The molecule has 6 nitrogen and oxygen atoms in total. The van der Waals surface area contributed by atoms with Crippen molar-refractivity contribution in [3.8, 4) is 0 Å². The number of likely N-dealkylation sites (tertiary alicyclic amines) is 1. The zero-order chi connectivity index (χ0) is 15.3. The molecule has 1 rings (SSSR count). The van der Waals surface area contributed by atoms with Gasteiger partial charge in [0.05, 0.1) is 5.41 Å². The second-order valence-electron chi connectivity index (χ2n) is 5.50. The fourth-order valence-electron chi connectivity index (χ4n) is 2.47. The van der Waals surface area contributed by atoms with Crippen LogP contribution < -0.4 is 5.32 Å². The van der Waals surface area contributed by atoms with Gasteiger partial charge in [-0.25, -0.2) is 4.79 Å². The van der Waals surface area contributed by atoms with Crippen LogP contribution in [0, 0.1) is 5.41 Å². The lowest BCUT2D eigenvalue weighted by Gasteiger charge is -2.24. The molecule has 0 aromatic rings. The molecule has 2 amide bonds. The average Bonchev–Trinajstić information content (AvgIpc) is 2.81. The van der Waals surface area contributed by atoms with Crippen molar-refractivity contribution in [2.24, 2.45) is 5.41 Å². The van der Waals surface area contributed by atoms with E-state index < -0.39 is 22.2 Å². The third-order valence-electron chi connectivity index (χ3n) is 3.93. The van der Waals surface area contributed by atoms with Crippen LogP contribution in [-0.4, -0.2) is 57.4 Å². The minimum absolute atomic E-state index is 0.110. The topological polar surface area (TPSA) is 86.7 Å². The van der Waals surface area contributed by atoms with Crippen molar-refractivity contribution in [2.75, 3.05) is 25.9 Å². The molecule has 0 aliphatic carbocycles. The van der Waals surface area contributed by atoms with Gasteiger partial charge in [-0.1, -0.05) is 13.3 Å². The Kier molecular flexibility index (Phi) is 5.98. The second-order valence-corrected chi connectivity index (χ2v) is 7.30. The van der Waals surface area contributed by atoms with Gasteiger partial charge in [0.25, 0.3) is 0 Å². The van der Waals surface area contributed by atoms with Gasteiger partial charge in [0.2, 0.25) is 0 Å². The molecular weight excluding hydrogens is 280 g/mol. The molecule has 1 saturated heterocycles. The highest BCUT2D eigenvalue weighted by Gasteiger charge is 2.45. The normalized spacial score (nSPS) is 25.2. The van der Waals surface area contributed by atoms with Gasteiger partial charge in [-0.2, -0.15) is 0 Å². The molecule has 0 aromatic heterocycles. The summed E-state index contributed by atoms with van der Waals surface area (Å²) in [5.41, 5.74) is -0.800. The second kappa shape index (κ2) is 7.06. The van der Waals surface area contributed by atoms with E-state index >= 15 is 0 Å². The zero-order valence-electron chi connectivity index (χ0n) is 12.3. The van der Waals surface area contributed by atoms with Crippen LogP contribution in [0.5, 0.6) is 0 Å². The summed E-state index contributed by atoms with van der Waals surface area (Å²) < 4.78 is 11.2. The van der Waals surface area contributed by atoms with Gasteiger partial charge in [-0.3, -0.25) is 9.00 Å². The highest BCUT2D eigenvalue weighted by atomic mass is 32.2. The van der Waals surface area contributed by atoms with Gasteiger partial charge in [0, 0.05) is 41.9 Å². The van der Waals surface area contributed by atoms with Crippen LogP contribution in [0.3, 0.4) is 0 Å². The number of nitrogens with one attached hydrogen (secondary N) is 1. The Labute approximate surface area is 122 Å². The number of hydrogen-bond donors (Lipinski definition) is 2. The summed E-state index contributed by atoms with van der Waals surface area (Å²) in [6.07, 6.45) is 3.47. The number of amides is 2. The molecule has 1 fully saturated rings. The van der Waals surface area contributed by atoms with Crippen LogP contribution in [0.1, 0.15) is 33.1 Å². The smallest absolute Gasteiger partial charge is 0.317 e. The van der Waals surface area contributed by atoms with E-state index in [-0.39, 0.29) is 17.8 Å². The highest BCUT2D eigenvalue weighted by Crippen LogP contribution is 2.35. The highest BCUT2D eigenvalue weighted by molar-refractivity contribution is 7.84. The molecular formula is C13H24N2O4S. The monoisotopic (exact) mass is 304 g/mol. The molecule has 1 aliphatic heterocycles. The van der Waals surface area contributed by atoms with Gasteiger partial charge < -0.3 is 15.3 Å². The maximum absolute atomic E-state index is 12.0. The number of hydrogen-bond acceptors (Lipinski definition) is 3. The standard InChI is InChI=1S/C13H24N2O4S/c1-4-5-13(11(16)17)6-7-15(9-13)12(18)14-8-10(2)20(3)19/h10H,4-9H2,1-3H3,(H,14,18)(H,16,17). The van der Waals surface area contributed by atoms with Crippen molar-refractivity contribution < 1.29 is 18.9 Å². The van der Waals surface area contributed by atoms with Gasteiger partial charge in [-0.15, -0.1) is 0 Å². The lowest BCUT2D eigenvalue weighted by Crippen LogP contribution is -2.44. The van der Waals surface area contributed by atoms with E-state index in [4.69, 9.17) is 0 Å². The summed E-state index contributed by atoms with van der Waals surface area (Å²) in [7, 11) is -0.981. The predicted molar refractivity (Wildman–Crippen MR) is 78.1 cm³/mol. The Balaban J connectivity index is 2.56. The van der Waals surface area contributed by atoms with Crippen molar-refractivity contribution >= 4 is 22.8 Å². The number of urea groups is 1. The molecule has 0 aromatic carbocycles. The first-order valence-corrected chi connectivity index (χ1v) is 8.53. The van der Waals surface area contributed by atoms with Crippen LogP contribution in [0.2, 0.25) is 0 Å². The molecule has 0 saturated carbocycles. The number of carboxylic acid groups (broad SMARTS) is 1. The quantitative estimate of drug-likeness (QED) is 0.767. The van der Waals surface area contributed by atoms with E-state index in [9.17, 15) is 18.9 Å². The van der Waals surface area contributed by atoms with Gasteiger partial charge in [0.15, 0.2) is 0 Å². The number of nitrogens with zero attached hydrogens (tertiary/aromatic N) is 1. The lowest BCUT2D eigenvalue weighted by molar-refractivity contribution is -0.148. The largest absolute Gasteiger partial charge is 0.481 e. The Bertz CT molecular complexity index is 402. The van der Waals surface area contributed by atoms with Crippen molar-refractivity contribution in [1.82, 2.24) is 10.2 Å². The Morgan fingerprint density at radius 1 is 1.50 bits per heavy atom. The summed E-state index contributed by atoms with van der Waals surface area (Å²) in [5.74, 6) is -0.822. The van der Waals surface area contributed by atoms with E-state index in [1.54, 1.807) is 18.1 Å². The maximum atomic E-state index is 12.0. The van der Waals surface area contributed by atoms with E-state index in [2.05, 4.69) is 5.32 Å². The first-order valence-electron chi connectivity index (χ1n) is 6.91. The van der Waals surface area contributed by atoms with Crippen LogP contribution >= 0.6 is 0 Å². The fourth-order valence-corrected chi connectivity index (χ4v) is 2.79. The molecule has 2 N–H and O–H groups in total. The first-order chi connectivity index (χ1) is 9.32. The first kappa shape index (κ1) is 16.9. The number of carbonyl (C=O) groups is 2. The van der Waals surface area contributed by atoms with E-state index in [0.717, 1.165) is 6.42 Å². The summed E-state index contributed by atoms with van der Waals surface area (Å²) in [6, 6.07) is -0.262. The molecule has 0 radical (unpaired) electrons. The van der Waals surface area contributed by atoms with Crippen molar-refractivity contribution in [3.63, 3.8) is 0 Å². The summed E-state index contributed by atoms with van der Waals surface area (Å²) in [6.45, 7) is 4.81. The summed E-state index contributed by atoms with van der Waals surface area (Å²) in [5, 5.41) is 12.0. The van der Waals surface area contributed by atoms with E-state index in [1.807, 2.05) is 6.92 Å². The van der Waals surface area contributed by atoms with E-state index in [0.29, 0.717) is 25.9 Å². The number of rotatable bonds is 6. The molecule has 7 heteroatoms. The number of carbonyl (C=O) groups excluding carboxylic acids is 1. The molecule has 20 heavy (non-hydrogen) atoms. The van der Waals surface area contributed by atoms with Crippen molar-refractivity contribution in [3.05, 3.63) is 0 Å². The molecule has 0 spiro atoms. The minimum Gasteiger partial charge on any atom is -0.481 e. The third-order valence-corrected chi connectivity index (χ3v) is 5.23. The van der Waals surface area contributed by atoms with Crippen LogP contribution in [-0.2, 0) is 15.6 Å². The molecule has 0 bridgehead atoms. The molecule has 116 valence electrons. The molecule has 3 atom stereocenters. The van der Waals surface area contributed by atoms with Gasteiger partial charge >= 0.3 is 12.0 Å². The lowest BCUT2D eigenvalue weighted by atomic mass is 9.83. The Morgan fingerprint density at radius 2 is 2.15 bits per heavy atom. The third kappa shape index (κ3) is 3.94. The van der Waals surface area contributed by atoms with Gasteiger partial charge in [-0.05, 0) is 19.8 Å². The molecule has 1 aliphatic rings. The van der Waals surface area contributed by atoms with Crippen LogP contribution in [0.4, 0.5) is 4.79 Å². The Morgan fingerprint density at radius 3 is 2.65 bits per heavy atom. The summed E-state index contributed by atoms with van der Waals surface area (Å²) in [4.78, 5) is 25.0. The van der Waals surface area contributed by atoms with Crippen molar-refractivity contribution in [2.45, 2.75) is 38.4 Å². The average molecular weight is 304 g/mol. The van der Waals surface area contributed by atoms with Gasteiger partial charge in [0.1, 0.15) is 0 Å². The van der Waals surface area contributed by atoms with Crippen molar-refractivity contribution in [1.29, 1.82) is 0 Å². The summed E-state index contributed by atoms with van der Waals surface area (Å²) >= 11 is 0.